The molecule has 9 rings (SSSR count). The molecule has 0 bridgehead atoms. The Morgan fingerprint density at radius 1 is 0.439 bits per heavy atom. The van der Waals surface area contributed by atoms with Crippen molar-refractivity contribution < 1.29 is 0 Å². The first-order valence-electron chi connectivity index (χ1n) is 14.4. The summed E-state index contributed by atoms with van der Waals surface area (Å²) in [6.45, 7) is 2.38. The summed E-state index contributed by atoms with van der Waals surface area (Å²) in [5.41, 5.74) is 11.7. The molecule has 1 aromatic heterocycles. The van der Waals surface area contributed by atoms with Crippen molar-refractivity contribution in [3.05, 3.63) is 151 Å². The highest BCUT2D eigenvalue weighted by atomic mass is 15.0. The first kappa shape index (κ1) is 22.7. The van der Waals surface area contributed by atoms with Gasteiger partial charge in [-0.05, 0) is 91.3 Å². The Morgan fingerprint density at radius 2 is 1.00 bits per heavy atom. The van der Waals surface area contributed by atoms with Crippen LogP contribution in [0.1, 0.15) is 24.0 Å². The smallest absolute Gasteiger partial charge is 0.0579 e. The van der Waals surface area contributed by atoms with Crippen LogP contribution in [0, 0.1) is 0 Å². The SMILES string of the molecule is CC1c2cc3ccccc3cc2-n2c3cc4ccccc4cc3c3cc(-c4ccc(-c5ccccc5)cc4)cc1c32. The molecule has 0 aliphatic carbocycles. The predicted octanol–water partition coefficient (Wildman–Crippen LogP) is 10.9. The van der Waals surface area contributed by atoms with Crippen molar-refractivity contribution >= 4 is 43.4 Å². The molecule has 2 heterocycles. The van der Waals surface area contributed by atoms with Crippen molar-refractivity contribution in [1.29, 1.82) is 0 Å². The van der Waals surface area contributed by atoms with Gasteiger partial charge in [-0.25, -0.2) is 0 Å². The second-order valence-electron chi connectivity index (χ2n) is 11.4. The molecule has 1 aliphatic rings. The van der Waals surface area contributed by atoms with Gasteiger partial charge in [-0.2, -0.15) is 0 Å². The molecule has 0 fully saturated rings. The zero-order valence-corrected chi connectivity index (χ0v) is 22.8. The zero-order chi connectivity index (χ0) is 27.1. The van der Waals surface area contributed by atoms with Gasteiger partial charge in [0.25, 0.3) is 0 Å². The van der Waals surface area contributed by atoms with Crippen molar-refractivity contribution in [3.8, 4) is 27.9 Å². The maximum atomic E-state index is 2.54. The molecule has 0 saturated heterocycles. The average molecular weight is 522 g/mol. The van der Waals surface area contributed by atoms with E-state index >= 15 is 0 Å². The summed E-state index contributed by atoms with van der Waals surface area (Å²) < 4.78 is 2.54. The molecule has 7 aromatic carbocycles. The number of fused-ring (bicyclic) bond motifs is 7. The molecule has 1 heteroatoms. The van der Waals surface area contributed by atoms with Crippen LogP contribution in [-0.2, 0) is 0 Å². The van der Waals surface area contributed by atoms with E-state index in [0.29, 0.717) is 0 Å². The number of hydrogen-bond donors (Lipinski definition) is 0. The van der Waals surface area contributed by atoms with Crippen LogP contribution in [0.4, 0.5) is 0 Å². The summed E-state index contributed by atoms with van der Waals surface area (Å²) in [6, 6.07) is 51.6. The highest BCUT2D eigenvalue weighted by Crippen LogP contribution is 2.47. The third kappa shape index (κ3) is 3.30. The zero-order valence-electron chi connectivity index (χ0n) is 22.8. The van der Waals surface area contributed by atoms with E-state index in [-0.39, 0.29) is 5.92 Å². The molecule has 192 valence electrons. The summed E-state index contributed by atoms with van der Waals surface area (Å²) in [5, 5.41) is 7.79. The van der Waals surface area contributed by atoms with E-state index in [4.69, 9.17) is 0 Å². The lowest BCUT2D eigenvalue weighted by Gasteiger charge is -2.27. The van der Waals surface area contributed by atoms with E-state index in [0.717, 1.165) is 0 Å². The maximum Gasteiger partial charge on any atom is 0.0579 e. The van der Waals surface area contributed by atoms with Gasteiger partial charge in [0.2, 0.25) is 0 Å². The minimum absolute atomic E-state index is 0.284. The monoisotopic (exact) mass is 521 g/mol. The second kappa shape index (κ2) is 8.43. The molecule has 0 saturated carbocycles. The Labute approximate surface area is 238 Å². The van der Waals surface area contributed by atoms with Crippen LogP contribution < -0.4 is 0 Å². The lowest BCUT2D eigenvalue weighted by atomic mass is 9.84. The summed E-state index contributed by atoms with van der Waals surface area (Å²) in [7, 11) is 0. The fourth-order valence-electron chi connectivity index (χ4n) is 7.05. The fourth-order valence-corrected chi connectivity index (χ4v) is 7.05. The summed E-state index contributed by atoms with van der Waals surface area (Å²) >= 11 is 0. The Balaban J connectivity index is 1.35. The summed E-state index contributed by atoms with van der Waals surface area (Å²) in [6.07, 6.45) is 0. The summed E-state index contributed by atoms with van der Waals surface area (Å²) in [4.78, 5) is 0. The molecule has 0 radical (unpaired) electrons. The predicted molar refractivity (Wildman–Crippen MR) is 174 cm³/mol. The third-order valence-electron chi connectivity index (χ3n) is 9.15. The number of aromatic nitrogens is 1. The molecule has 1 nitrogen and oxygen atoms in total. The maximum absolute atomic E-state index is 2.54. The molecule has 0 N–H and O–H groups in total. The highest BCUT2D eigenvalue weighted by molar-refractivity contribution is 6.16. The van der Waals surface area contributed by atoms with Gasteiger partial charge >= 0.3 is 0 Å². The Kier molecular flexibility index (Phi) is 4.66. The first-order valence-corrected chi connectivity index (χ1v) is 14.4. The molecule has 0 amide bonds. The van der Waals surface area contributed by atoms with Crippen molar-refractivity contribution in [2.45, 2.75) is 12.8 Å². The standard InChI is InChI=1S/C40H27N/c1-25-34-19-29-11-5-7-13-31(29)23-38(34)41-39-24-32-14-8-6-12-30(32)20-36(39)37-22-33(21-35(25)40(37)41)28-17-15-27(16-18-28)26-9-3-2-4-10-26/h2-25H,1H3. The summed E-state index contributed by atoms with van der Waals surface area (Å²) in [5.74, 6) is 0.284. The van der Waals surface area contributed by atoms with E-state index in [1.807, 2.05) is 0 Å². The molecule has 1 atom stereocenters. The van der Waals surface area contributed by atoms with Crippen LogP contribution in [0.25, 0.3) is 71.3 Å². The lowest BCUT2D eigenvalue weighted by molar-refractivity contribution is 0.884. The fraction of sp³-hybridized carbons (Fsp3) is 0.0500. The quantitative estimate of drug-likeness (QED) is 0.213. The molecule has 8 aromatic rings. The van der Waals surface area contributed by atoms with Crippen LogP contribution >= 0.6 is 0 Å². The van der Waals surface area contributed by atoms with Gasteiger partial charge in [0.05, 0.1) is 16.7 Å². The minimum atomic E-state index is 0.284. The van der Waals surface area contributed by atoms with Gasteiger partial charge in [-0.1, -0.05) is 110 Å². The molecule has 0 spiro atoms. The Bertz CT molecular complexity index is 2300. The van der Waals surface area contributed by atoms with Gasteiger partial charge in [-0.3, -0.25) is 0 Å². The van der Waals surface area contributed by atoms with Crippen LogP contribution in [0.3, 0.4) is 0 Å². The molecular formula is C40H27N. The van der Waals surface area contributed by atoms with E-state index < -0.39 is 0 Å². The van der Waals surface area contributed by atoms with Crippen molar-refractivity contribution in [2.24, 2.45) is 0 Å². The number of nitrogens with zero attached hydrogens (tertiary/aromatic N) is 1. The van der Waals surface area contributed by atoms with Gasteiger partial charge < -0.3 is 4.57 Å². The lowest BCUT2D eigenvalue weighted by Crippen LogP contribution is -2.12. The van der Waals surface area contributed by atoms with Gasteiger partial charge in [0.1, 0.15) is 0 Å². The second-order valence-corrected chi connectivity index (χ2v) is 11.4. The van der Waals surface area contributed by atoms with E-state index in [1.54, 1.807) is 0 Å². The van der Waals surface area contributed by atoms with Crippen molar-refractivity contribution in [2.75, 3.05) is 0 Å². The van der Waals surface area contributed by atoms with E-state index in [2.05, 4.69) is 151 Å². The first-order chi connectivity index (χ1) is 20.2. The average Bonchev–Trinajstić information content (AvgIpc) is 3.35. The molecule has 41 heavy (non-hydrogen) atoms. The van der Waals surface area contributed by atoms with Crippen LogP contribution in [0.2, 0.25) is 0 Å². The third-order valence-corrected chi connectivity index (χ3v) is 9.15. The van der Waals surface area contributed by atoms with Gasteiger partial charge in [-0.15, -0.1) is 0 Å². The molecular weight excluding hydrogens is 494 g/mol. The number of rotatable bonds is 2. The van der Waals surface area contributed by atoms with Crippen molar-refractivity contribution in [1.82, 2.24) is 4.57 Å². The van der Waals surface area contributed by atoms with Crippen molar-refractivity contribution in [3.63, 3.8) is 0 Å². The van der Waals surface area contributed by atoms with Gasteiger partial charge in [0, 0.05) is 16.7 Å². The van der Waals surface area contributed by atoms with E-state index in [1.165, 1.54) is 82.4 Å². The van der Waals surface area contributed by atoms with Gasteiger partial charge in [0.15, 0.2) is 0 Å². The van der Waals surface area contributed by atoms with Crippen LogP contribution in [0.5, 0.6) is 0 Å². The molecule has 1 aliphatic heterocycles. The van der Waals surface area contributed by atoms with Crippen LogP contribution in [0.15, 0.2) is 140 Å². The van der Waals surface area contributed by atoms with E-state index in [9.17, 15) is 0 Å². The normalized spacial score (nSPS) is 14.2. The Hall–Kier alpha value is -5.14. The number of hydrogen-bond acceptors (Lipinski definition) is 0. The number of benzene rings is 7. The van der Waals surface area contributed by atoms with Crippen LogP contribution in [-0.4, -0.2) is 4.57 Å². The highest BCUT2D eigenvalue weighted by Gasteiger charge is 2.28. The topological polar surface area (TPSA) is 4.93 Å². The Morgan fingerprint density at radius 3 is 1.71 bits per heavy atom. The molecule has 1 unspecified atom stereocenters. The minimum Gasteiger partial charge on any atom is -0.309 e. The largest absolute Gasteiger partial charge is 0.309 e.